The van der Waals surface area contributed by atoms with Gasteiger partial charge in [-0.3, -0.25) is 0 Å². The Morgan fingerprint density at radius 3 is 2.79 bits per heavy atom. The van der Waals surface area contributed by atoms with Gasteiger partial charge in [0.05, 0.1) is 13.2 Å². The second-order valence-electron chi connectivity index (χ2n) is 2.64. The maximum atomic E-state index is 13.1. The molecule has 4 heteroatoms. The van der Waals surface area contributed by atoms with Crippen LogP contribution in [0.5, 0.6) is 5.75 Å². The van der Waals surface area contributed by atoms with Gasteiger partial charge in [-0.2, -0.15) is 5.26 Å². The van der Waals surface area contributed by atoms with Gasteiger partial charge in [0.15, 0.2) is 11.6 Å². The van der Waals surface area contributed by atoms with E-state index in [-0.39, 0.29) is 5.75 Å². The van der Waals surface area contributed by atoms with E-state index in [0.29, 0.717) is 11.8 Å². The average Bonchev–Trinajstić information content (AvgIpc) is 2.20. The van der Waals surface area contributed by atoms with E-state index >= 15 is 0 Å². The molecule has 0 saturated carbocycles. The van der Waals surface area contributed by atoms with Crippen molar-refractivity contribution in [3.8, 4) is 11.8 Å². The molecule has 0 amide bonds. The number of aldehydes is 1. The third kappa shape index (κ3) is 1.88. The topological polar surface area (TPSA) is 50.1 Å². The lowest BCUT2D eigenvalue weighted by Crippen LogP contribution is -1.98. The molecule has 1 atom stereocenters. The van der Waals surface area contributed by atoms with Crippen molar-refractivity contribution in [1.82, 2.24) is 0 Å². The van der Waals surface area contributed by atoms with Crippen molar-refractivity contribution in [2.75, 3.05) is 7.11 Å². The summed E-state index contributed by atoms with van der Waals surface area (Å²) in [5.41, 5.74) is 0.334. The predicted molar refractivity (Wildman–Crippen MR) is 47.4 cm³/mol. The Morgan fingerprint density at radius 2 is 2.36 bits per heavy atom. The fourth-order valence-electron chi connectivity index (χ4n) is 1.06. The maximum absolute atomic E-state index is 13.1. The highest BCUT2D eigenvalue weighted by Crippen LogP contribution is 2.21. The minimum Gasteiger partial charge on any atom is -0.494 e. The van der Waals surface area contributed by atoms with Crippen LogP contribution in [0.25, 0.3) is 0 Å². The fourth-order valence-corrected chi connectivity index (χ4v) is 1.06. The number of rotatable bonds is 3. The molecule has 1 aromatic carbocycles. The summed E-state index contributed by atoms with van der Waals surface area (Å²) in [5.74, 6) is -1.40. The summed E-state index contributed by atoms with van der Waals surface area (Å²) in [7, 11) is 1.35. The first kappa shape index (κ1) is 10.2. The average molecular weight is 193 g/mol. The van der Waals surface area contributed by atoms with E-state index < -0.39 is 11.7 Å². The molecule has 14 heavy (non-hydrogen) atoms. The first-order chi connectivity index (χ1) is 6.72. The van der Waals surface area contributed by atoms with Crippen molar-refractivity contribution in [2.24, 2.45) is 0 Å². The van der Waals surface area contributed by atoms with Gasteiger partial charge in [0.25, 0.3) is 0 Å². The van der Waals surface area contributed by atoms with Crippen molar-refractivity contribution in [3.63, 3.8) is 0 Å². The van der Waals surface area contributed by atoms with Crippen molar-refractivity contribution in [2.45, 2.75) is 5.92 Å². The summed E-state index contributed by atoms with van der Waals surface area (Å²) in [6.45, 7) is 0. The standard InChI is InChI=1S/C10H8FNO2/c1-14-10-3-2-7(4-9(10)11)8(5-12)6-13/h2-4,6,8H,1H3. The van der Waals surface area contributed by atoms with E-state index in [1.807, 2.05) is 0 Å². The van der Waals surface area contributed by atoms with Crippen LogP contribution in [0.4, 0.5) is 4.39 Å². The molecule has 1 unspecified atom stereocenters. The van der Waals surface area contributed by atoms with Gasteiger partial charge in [-0.1, -0.05) is 6.07 Å². The Bertz CT molecular complexity index is 384. The number of ether oxygens (including phenoxy) is 1. The minimum absolute atomic E-state index is 0.0938. The van der Waals surface area contributed by atoms with Gasteiger partial charge in [-0.05, 0) is 17.7 Å². The van der Waals surface area contributed by atoms with Crippen LogP contribution in [0.2, 0.25) is 0 Å². The van der Waals surface area contributed by atoms with Crippen LogP contribution < -0.4 is 4.74 Å². The molecule has 1 aromatic rings. The second kappa shape index (κ2) is 4.38. The maximum Gasteiger partial charge on any atom is 0.165 e. The quantitative estimate of drug-likeness (QED) is 0.685. The molecule has 0 N–H and O–H groups in total. The van der Waals surface area contributed by atoms with Crippen molar-refractivity contribution in [3.05, 3.63) is 29.6 Å². The zero-order valence-corrected chi connectivity index (χ0v) is 7.53. The van der Waals surface area contributed by atoms with Crippen LogP contribution in [0.15, 0.2) is 18.2 Å². The highest BCUT2D eigenvalue weighted by molar-refractivity contribution is 5.66. The zero-order chi connectivity index (χ0) is 10.6. The smallest absolute Gasteiger partial charge is 0.165 e. The highest BCUT2D eigenvalue weighted by Gasteiger charge is 2.11. The fraction of sp³-hybridized carbons (Fsp3) is 0.200. The lowest BCUT2D eigenvalue weighted by Gasteiger charge is -2.05. The summed E-state index contributed by atoms with van der Waals surface area (Å²) in [5, 5.41) is 8.56. The normalized spacial score (nSPS) is 11.5. The summed E-state index contributed by atoms with van der Waals surface area (Å²) >= 11 is 0. The van der Waals surface area contributed by atoms with Crippen LogP contribution in [-0.2, 0) is 4.79 Å². The number of benzene rings is 1. The van der Waals surface area contributed by atoms with Gasteiger partial charge in [0, 0.05) is 0 Å². The Kier molecular flexibility index (Phi) is 3.19. The van der Waals surface area contributed by atoms with E-state index in [1.54, 1.807) is 6.07 Å². The molecule has 72 valence electrons. The van der Waals surface area contributed by atoms with Crippen LogP contribution >= 0.6 is 0 Å². The van der Waals surface area contributed by atoms with Gasteiger partial charge in [-0.15, -0.1) is 0 Å². The van der Waals surface area contributed by atoms with Gasteiger partial charge in [0.2, 0.25) is 0 Å². The molecule has 0 aromatic heterocycles. The molecule has 0 spiro atoms. The Hall–Kier alpha value is -1.89. The van der Waals surface area contributed by atoms with Crippen LogP contribution in [0, 0.1) is 17.1 Å². The van der Waals surface area contributed by atoms with Gasteiger partial charge in [-0.25, -0.2) is 4.39 Å². The van der Waals surface area contributed by atoms with Crippen molar-refractivity contribution >= 4 is 6.29 Å². The third-order valence-corrected chi connectivity index (χ3v) is 1.81. The Labute approximate surface area is 80.7 Å². The second-order valence-corrected chi connectivity index (χ2v) is 2.64. The van der Waals surface area contributed by atoms with E-state index in [0.717, 1.165) is 6.07 Å². The molecule has 0 heterocycles. The van der Waals surface area contributed by atoms with Crippen molar-refractivity contribution in [1.29, 1.82) is 5.26 Å². The zero-order valence-electron chi connectivity index (χ0n) is 7.53. The van der Waals surface area contributed by atoms with E-state index in [4.69, 9.17) is 10.00 Å². The van der Waals surface area contributed by atoms with Crippen molar-refractivity contribution < 1.29 is 13.9 Å². The monoisotopic (exact) mass is 193 g/mol. The molecule has 0 bridgehead atoms. The molecule has 0 radical (unpaired) electrons. The molecule has 1 rings (SSSR count). The molecular weight excluding hydrogens is 185 g/mol. The third-order valence-electron chi connectivity index (χ3n) is 1.81. The Balaban J connectivity index is 3.08. The first-order valence-electron chi connectivity index (χ1n) is 3.91. The highest BCUT2D eigenvalue weighted by atomic mass is 19.1. The minimum atomic E-state index is -0.921. The van der Waals surface area contributed by atoms with Gasteiger partial charge < -0.3 is 9.53 Å². The van der Waals surface area contributed by atoms with Gasteiger partial charge in [0.1, 0.15) is 12.2 Å². The first-order valence-corrected chi connectivity index (χ1v) is 3.91. The van der Waals surface area contributed by atoms with E-state index in [2.05, 4.69) is 0 Å². The lowest BCUT2D eigenvalue weighted by molar-refractivity contribution is -0.108. The SMILES string of the molecule is COc1ccc(C(C#N)C=O)cc1F. The molecule has 0 aliphatic heterocycles. The number of halogens is 1. The Morgan fingerprint density at radius 1 is 1.64 bits per heavy atom. The predicted octanol–water partition coefficient (Wildman–Crippen LogP) is 1.64. The van der Waals surface area contributed by atoms with Crippen LogP contribution in [0.1, 0.15) is 11.5 Å². The van der Waals surface area contributed by atoms with Crippen LogP contribution in [0.3, 0.4) is 0 Å². The largest absolute Gasteiger partial charge is 0.494 e. The van der Waals surface area contributed by atoms with Crippen LogP contribution in [-0.4, -0.2) is 13.4 Å². The molecule has 0 aliphatic rings. The number of carbonyl (C=O) groups is 1. The molecule has 0 aliphatic carbocycles. The molecule has 3 nitrogen and oxygen atoms in total. The number of hydrogen-bond acceptors (Lipinski definition) is 3. The molecule has 0 fully saturated rings. The number of nitrogens with zero attached hydrogens (tertiary/aromatic N) is 1. The summed E-state index contributed by atoms with van der Waals surface area (Å²) < 4.78 is 17.8. The summed E-state index contributed by atoms with van der Waals surface area (Å²) in [6, 6.07) is 5.76. The van der Waals surface area contributed by atoms with Gasteiger partial charge >= 0.3 is 0 Å². The number of nitriles is 1. The van der Waals surface area contributed by atoms with E-state index in [9.17, 15) is 9.18 Å². The number of methoxy groups -OCH3 is 1. The lowest BCUT2D eigenvalue weighted by atomic mass is 10.0. The molecular formula is C10H8FNO2. The molecule has 0 saturated heterocycles. The number of carbonyl (C=O) groups excluding carboxylic acids is 1. The summed E-state index contributed by atoms with van der Waals surface area (Å²) in [4.78, 5) is 10.4. The summed E-state index contributed by atoms with van der Waals surface area (Å²) in [6.07, 6.45) is 0.473. The van der Waals surface area contributed by atoms with E-state index in [1.165, 1.54) is 19.2 Å². The number of hydrogen-bond donors (Lipinski definition) is 0.